The summed E-state index contributed by atoms with van der Waals surface area (Å²) in [5.41, 5.74) is 3.66. The van der Waals surface area contributed by atoms with Gasteiger partial charge in [-0.25, -0.2) is 4.39 Å². The van der Waals surface area contributed by atoms with Crippen molar-refractivity contribution in [2.75, 3.05) is 26.9 Å². The predicted molar refractivity (Wildman–Crippen MR) is 113 cm³/mol. The monoisotopic (exact) mass is 398 g/mol. The van der Waals surface area contributed by atoms with Gasteiger partial charge in [0.25, 0.3) is 0 Å². The fourth-order valence-electron chi connectivity index (χ4n) is 3.36. The second kappa shape index (κ2) is 10.1. The molecule has 0 aliphatic heterocycles. The summed E-state index contributed by atoms with van der Waals surface area (Å²) in [7, 11) is 1.62. The summed E-state index contributed by atoms with van der Waals surface area (Å²) >= 11 is 0. The van der Waals surface area contributed by atoms with E-state index in [1.165, 1.54) is 12.1 Å². The first kappa shape index (κ1) is 20.9. The number of rotatable bonds is 10. The lowest BCUT2D eigenvalue weighted by Crippen LogP contribution is -2.25. The Kier molecular flexibility index (Phi) is 7.25. The number of amides is 1. The number of fused-ring (bicyclic) bond motifs is 1. The molecule has 2 N–H and O–H groups in total. The maximum Gasteiger partial charge on any atom is 0.220 e. The zero-order valence-electron chi connectivity index (χ0n) is 16.9. The highest BCUT2D eigenvalue weighted by Gasteiger charge is 2.15. The number of aryl methyl sites for hydroxylation is 1. The van der Waals surface area contributed by atoms with Gasteiger partial charge in [0.1, 0.15) is 11.6 Å². The van der Waals surface area contributed by atoms with Gasteiger partial charge in [-0.1, -0.05) is 0 Å². The number of carbonyl (C=O) groups is 1. The average Bonchev–Trinajstić information content (AvgIpc) is 3.09. The van der Waals surface area contributed by atoms with E-state index in [1.54, 1.807) is 13.2 Å². The molecule has 0 bridgehead atoms. The molecule has 1 aromatic heterocycles. The summed E-state index contributed by atoms with van der Waals surface area (Å²) < 4.78 is 24.4. The lowest BCUT2D eigenvalue weighted by atomic mass is 10.0. The van der Waals surface area contributed by atoms with E-state index in [-0.39, 0.29) is 11.7 Å². The standard InChI is InChI=1S/C23H27FN2O3/c1-3-29-14-4-13-25-22(27)12-10-19-20-15-17(24)7-11-21(20)26-23(19)16-5-8-18(28-2)9-6-16/h5-9,11,15,26H,3-4,10,12-14H2,1-2H3,(H,25,27). The molecule has 3 aromatic rings. The number of ether oxygens (including phenoxy) is 2. The molecule has 0 spiro atoms. The summed E-state index contributed by atoms with van der Waals surface area (Å²) in [5, 5.41) is 3.72. The zero-order chi connectivity index (χ0) is 20.6. The fourth-order valence-corrected chi connectivity index (χ4v) is 3.36. The second-order valence-electron chi connectivity index (χ2n) is 6.80. The molecular formula is C23H27FN2O3. The predicted octanol–water partition coefficient (Wildman–Crippen LogP) is 4.46. The lowest BCUT2D eigenvalue weighted by molar-refractivity contribution is -0.121. The number of hydrogen-bond acceptors (Lipinski definition) is 3. The van der Waals surface area contributed by atoms with Crippen molar-refractivity contribution in [2.24, 2.45) is 0 Å². The van der Waals surface area contributed by atoms with E-state index in [0.717, 1.165) is 39.9 Å². The molecule has 3 rings (SSSR count). The maximum absolute atomic E-state index is 13.9. The number of carbonyl (C=O) groups excluding carboxylic acids is 1. The van der Waals surface area contributed by atoms with Gasteiger partial charge in [-0.2, -0.15) is 0 Å². The Morgan fingerprint density at radius 3 is 2.69 bits per heavy atom. The van der Waals surface area contributed by atoms with Crippen LogP contribution in [0.2, 0.25) is 0 Å². The summed E-state index contributed by atoms with van der Waals surface area (Å²) in [4.78, 5) is 15.6. The van der Waals surface area contributed by atoms with E-state index in [0.29, 0.717) is 32.6 Å². The number of benzene rings is 2. The largest absolute Gasteiger partial charge is 0.497 e. The van der Waals surface area contributed by atoms with E-state index in [2.05, 4.69) is 10.3 Å². The molecule has 5 nitrogen and oxygen atoms in total. The smallest absolute Gasteiger partial charge is 0.220 e. The van der Waals surface area contributed by atoms with Crippen LogP contribution < -0.4 is 10.1 Å². The van der Waals surface area contributed by atoms with Gasteiger partial charge in [-0.15, -0.1) is 0 Å². The van der Waals surface area contributed by atoms with Crippen molar-refractivity contribution in [3.63, 3.8) is 0 Å². The summed E-state index contributed by atoms with van der Waals surface area (Å²) in [6.07, 6.45) is 1.64. The van der Waals surface area contributed by atoms with Crippen LogP contribution in [0.15, 0.2) is 42.5 Å². The van der Waals surface area contributed by atoms with Crippen LogP contribution in [-0.4, -0.2) is 37.8 Å². The Balaban J connectivity index is 1.77. The van der Waals surface area contributed by atoms with E-state index >= 15 is 0 Å². The van der Waals surface area contributed by atoms with Gasteiger partial charge in [0, 0.05) is 42.8 Å². The summed E-state index contributed by atoms with van der Waals surface area (Å²) in [6.45, 7) is 3.86. The normalized spacial score (nSPS) is 11.0. The van der Waals surface area contributed by atoms with Crippen LogP contribution in [0.1, 0.15) is 25.3 Å². The molecule has 0 unspecified atom stereocenters. The molecule has 154 valence electrons. The van der Waals surface area contributed by atoms with Gasteiger partial charge >= 0.3 is 0 Å². The van der Waals surface area contributed by atoms with Crippen molar-refractivity contribution < 1.29 is 18.7 Å². The van der Waals surface area contributed by atoms with Crippen molar-refractivity contribution in [1.29, 1.82) is 0 Å². The molecule has 2 aromatic carbocycles. The van der Waals surface area contributed by atoms with E-state index < -0.39 is 0 Å². The molecular weight excluding hydrogens is 371 g/mol. The third-order valence-electron chi connectivity index (χ3n) is 4.84. The van der Waals surface area contributed by atoms with E-state index in [4.69, 9.17) is 9.47 Å². The summed E-state index contributed by atoms with van der Waals surface area (Å²) in [5.74, 6) is 0.455. The van der Waals surface area contributed by atoms with Crippen molar-refractivity contribution >= 4 is 16.8 Å². The fraction of sp³-hybridized carbons (Fsp3) is 0.348. The molecule has 0 atom stereocenters. The molecule has 0 radical (unpaired) electrons. The van der Waals surface area contributed by atoms with Gasteiger partial charge < -0.3 is 19.8 Å². The van der Waals surface area contributed by atoms with Crippen molar-refractivity contribution in [1.82, 2.24) is 10.3 Å². The van der Waals surface area contributed by atoms with Gasteiger partial charge in [0.2, 0.25) is 5.91 Å². The summed E-state index contributed by atoms with van der Waals surface area (Å²) in [6, 6.07) is 12.4. The first-order chi connectivity index (χ1) is 14.1. The zero-order valence-corrected chi connectivity index (χ0v) is 16.9. The van der Waals surface area contributed by atoms with Gasteiger partial charge in [-0.3, -0.25) is 4.79 Å². The number of aromatic amines is 1. The number of aromatic nitrogens is 1. The van der Waals surface area contributed by atoms with Gasteiger partial charge in [0.05, 0.1) is 7.11 Å². The molecule has 0 aliphatic rings. The topological polar surface area (TPSA) is 63.4 Å². The molecule has 29 heavy (non-hydrogen) atoms. The first-order valence-corrected chi connectivity index (χ1v) is 9.91. The van der Waals surface area contributed by atoms with Gasteiger partial charge in [-0.05, 0) is 73.4 Å². The molecule has 0 saturated heterocycles. The minimum absolute atomic E-state index is 0.0204. The van der Waals surface area contributed by atoms with E-state index in [1.807, 2.05) is 31.2 Å². The molecule has 0 fully saturated rings. The third kappa shape index (κ3) is 5.35. The molecule has 0 aliphatic carbocycles. The SMILES string of the molecule is CCOCCCNC(=O)CCc1c(-c2ccc(OC)cc2)[nH]c2ccc(F)cc12. The van der Waals surface area contributed by atoms with Crippen molar-refractivity contribution in [2.45, 2.75) is 26.2 Å². The van der Waals surface area contributed by atoms with Crippen LogP contribution in [0, 0.1) is 5.82 Å². The Hall–Kier alpha value is -2.86. The second-order valence-corrected chi connectivity index (χ2v) is 6.80. The Bertz CT molecular complexity index is 951. The third-order valence-corrected chi connectivity index (χ3v) is 4.84. The van der Waals surface area contributed by atoms with Crippen LogP contribution >= 0.6 is 0 Å². The Morgan fingerprint density at radius 1 is 1.17 bits per heavy atom. The molecule has 6 heteroatoms. The van der Waals surface area contributed by atoms with Crippen LogP contribution in [0.25, 0.3) is 22.2 Å². The number of H-pyrrole nitrogens is 1. The molecule has 1 amide bonds. The molecule has 0 saturated carbocycles. The number of nitrogens with one attached hydrogen (secondary N) is 2. The van der Waals surface area contributed by atoms with Gasteiger partial charge in [0.15, 0.2) is 0 Å². The van der Waals surface area contributed by atoms with Crippen LogP contribution in [0.5, 0.6) is 5.75 Å². The highest BCUT2D eigenvalue weighted by Crippen LogP contribution is 2.32. The van der Waals surface area contributed by atoms with Crippen molar-refractivity contribution in [3.8, 4) is 17.0 Å². The molecule has 1 heterocycles. The minimum Gasteiger partial charge on any atom is -0.497 e. The minimum atomic E-state index is -0.292. The maximum atomic E-state index is 13.9. The number of hydrogen-bond donors (Lipinski definition) is 2. The highest BCUT2D eigenvalue weighted by molar-refractivity contribution is 5.91. The Morgan fingerprint density at radius 2 is 1.97 bits per heavy atom. The van der Waals surface area contributed by atoms with Crippen LogP contribution in [-0.2, 0) is 16.0 Å². The van der Waals surface area contributed by atoms with Crippen LogP contribution in [0.4, 0.5) is 4.39 Å². The Labute approximate surface area is 170 Å². The number of halogens is 1. The number of methoxy groups -OCH3 is 1. The van der Waals surface area contributed by atoms with Crippen molar-refractivity contribution in [3.05, 3.63) is 53.8 Å². The van der Waals surface area contributed by atoms with E-state index in [9.17, 15) is 9.18 Å². The van der Waals surface area contributed by atoms with Crippen LogP contribution in [0.3, 0.4) is 0 Å². The highest BCUT2D eigenvalue weighted by atomic mass is 19.1. The first-order valence-electron chi connectivity index (χ1n) is 9.91. The average molecular weight is 398 g/mol. The quantitative estimate of drug-likeness (QED) is 0.496. The lowest BCUT2D eigenvalue weighted by Gasteiger charge is -2.08.